The first kappa shape index (κ1) is 12.0. The molecule has 0 aromatic carbocycles. The van der Waals surface area contributed by atoms with Gasteiger partial charge >= 0.3 is 0 Å². The minimum Gasteiger partial charge on any atom is -0.495 e. The standard InChI is InChI=1S/C9H9BrN2O.C2H6/c1-6-4-11-9-3-8(13-2)7(10)5-12(6)9;1-2/h3-5H,1-2H3;1-2H3. The second-order valence-corrected chi connectivity index (χ2v) is 3.67. The van der Waals surface area contributed by atoms with E-state index in [9.17, 15) is 0 Å². The molecule has 3 nitrogen and oxygen atoms in total. The van der Waals surface area contributed by atoms with E-state index in [1.54, 1.807) is 7.11 Å². The summed E-state index contributed by atoms with van der Waals surface area (Å²) in [6, 6.07) is 1.90. The van der Waals surface area contributed by atoms with Crippen molar-refractivity contribution in [2.24, 2.45) is 0 Å². The maximum absolute atomic E-state index is 5.16. The van der Waals surface area contributed by atoms with E-state index in [4.69, 9.17) is 4.74 Å². The molecule has 82 valence electrons. The molecule has 0 aliphatic heterocycles. The summed E-state index contributed by atoms with van der Waals surface area (Å²) in [4.78, 5) is 4.23. The predicted octanol–water partition coefficient (Wildman–Crippen LogP) is 3.44. The van der Waals surface area contributed by atoms with Crippen molar-refractivity contribution < 1.29 is 4.74 Å². The minimum absolute atomic E-state index is 0.804. The molecule has 0 bridgehead atoms. The number of aryl methyl sites for hydroxylation is 1. The number of halogens is 1. The molecule has 0 aliphatic carbocycles. The number of ether oxygens (including phenoxy) is 1. The summed E-state index contributed by atoms with van der Waals surface area (Å²) in [5.41, 5.74) is 2.01. The van der Waals surface area contributed by atoms with Gasteiger partial charge < -0.3 is 9.14 Å². The van der Waals surface area contributed by atoms with Gasteiger partial charge in [0, 0.05) is 24.2 Å². The van der Waals surface area contributed by atoms with Gasteiger partial charge in [-0.25, -0.2) is 4.98 Å². The van der Waals surface area contributed by atoms with E-state index in [0.717, 1.165) is 21.6 Å². The van der Waals surface area contributed by atoms with Gasteiger partial charge in [0.2, 0.25) is 0 Å². The molecule has 2 aromatic rings. The maximum atomic E-state index is 5.16. The van der Waals surface area contributed by atoms with Crippen LogP contribution in [0.4, 0.5) is 0 Å². The molecule has 4 heteroatoms. The topological polar surface area (TPSA) is 26.5 Å². The lowest BCUT2D eigenvalue weighted by molar-refractivity contribution is 0.412. The van der Waals surface area contributed by atoms with Gasteiger partial charge in [0.05, 0.1) is 11.6 Å². The Hall–Kier alpha value is -1.03. The average molecular weight is 271 g/mol. The summed E-state index contributed by atoms with van der Waals surface area (Å²) in [5, 5.41) is 0. The third-order valence-corrected chi connectivity index (χ3v) is 2.56. The van der Waals surface area contributed by atoms with Crippen molar-refractivity contribution >= 4 is 21.6 Å². The van der Waals surface area contributed by atoms with E-state index in [2.05, 4.69) is 20.9 Å². The molecule has 2 heterocycles. The molecule has 0 N–H and O–H groups in total. The fourth-order valence-electron chi connectivity index (χ4n) is 1.26. The number of imidazole rings is 1. The number of hydrogen-bond donors (Lipinski definition) is 0. The smallest absolute Gasteiger partial charge is 0.140 e. The number of aromatic nitrogens is 2. The van der Waals surface area contributed by atoms with E-state index in [-0.39, 0.29) is 0 Å². The van der Waals surface area contributed by atoms with E-state index < -0.39 is 0 Å². The predicted molar refractivity (Wildman–Crippen MR) is 65.5 cm³/mol. The highest BCUT2D eigenvalue weighted by Gasteiger charge is 2.04. The number of fused-ring (bicyclic) bond motifs is 1. The van der Waals surface area contributed by atoms with Gasteiger partial charge in [0.1, 0.15) is 11.4 Å². The van der Waals surface area contributed by atoms with E-state index in [1.807, 2.05) is 43.6 Å². The zero-order valence-electron chi connectivity index (χ0n) is 9.41. The fraction of sp³-hybridized carbons (Fsp3) is 0.364. The van der Waals surface area contributed by atoms with Crippen LogP contribution < -0.4 is 4.74 Å². The fourth-order valence-corrected chi connectivity index (χ4v) is 1.74. The minimum atomic E-state index is 0.804. The van der Waals surface area contributed by atoms with Crippen LogP contribution in [-0.2, 0) is 0 Å². The van der Waals surface area contributed by atoms with Crippen LogP contribution >= 0.6 is 15.9 Å². The first-order valence-corrected chi connectivity index (χ1v) is 5.69. The molecule has 0 radical (unpaired) electrons. The summed E-state index contributed by atoms with van der Waals surface area (Å²) < 4.78 is 8.10. The van der Waals surface area contributed by atoms with Crippen LogP contribution in [-0.4, -0.2) is 16.5 Å². The molecule has 0 atom stereocenters. The van der Waals surface area contributed by atoms with Crippen molar-refractivity contribution in [3.63, 3.8) is 0 Å². The maximum Gasteiger partial charge on any atom is 0.140 e. The van der Waals surface area contributed by atoms with Gasteiger partial charge in [-0.05, 0) is 22.9 Å². The average Bonchev–Trinajstić information content (AvgIpc) is 2.62. The Kier molecular flexibility index (Phi) is 4.15. The quantitative estimate of drug-likeness (QED) is 0.794. The Labute approximate surface area is 98.2 Å². The van der Waals surface area contributed by atoms with Crippen molar-refractivity contribution in [3.05, 3.63) is 28.6 Å². The highest BCUT2D eigenvalue weighted by atomic mass is 79.9. The molecule has 15 heavy (non-hydrogen) atoms. The summed E-state index contributed by atoms with van der Waals surface area (Å²) in [6.07, 6.45) is 3.79. The molecule has 0 unspecified atom stereocenters. The lowest BCUT2D eigenvalue weighted by Crippen LogP contribution is -1.91. The molecule has 2 aromatic heterocycles. The van der Waals surface area contributed by atoms with Crippen LogP contribution in [0.25, 0.3) is 5.65 Å². The Bertz CT molecular complexity index is 451. The molecule has 0 saturated carbocycles. The molecule has 0 aliphatic rings. The second kappa shape index (κ2) is 5.16. The first-order chi connectivity index (χ1) is 7.22. The Morgan fingerprint density at radius 2 is 2.07 bits per heavy atom. The summed E-state index contributed by atoms with van der Waals surface area (Å²) in [5.74, 6) is 0.804. The van der Waals surface area contributed by atoms with Crippen molar-refractivity contribution in [1.82, 2.24) is 9.38 Å². The van der Waals surface area contributed by atoms with Crippen molar-refractivity contribution in [3.8, 4) is 5.75 Å². The van der Waals surface area contributed by atoms with Gasteiger partial charge in [-0.3, -0.25) is 0 Å². The zero-order valence-corrected chi connectivity index (χ0v) is 11.0. The molecular weight excluding hydrogens is 256 g/mol. The number of hydrogen-bond acceptors (Lipinski definition) is 2. The number of nitrogens with zero attached hydrogens (tertiary/aromatic N) is 2. The molecule has 2 rings (SSSR count). The Morgan fingerprint density at radius 1 is 1.40 bits per heavy atom. The van der Waals surface area contributed by atoms with Gasteiger partial charge in [0.15, 0.2) is 0 Å². The third kappa shape index (κ3) is 2.31. The van der Waals surface area contributed by atoms with Crippen LogP contribution in [0, 0.1) is 6.92 Å². The van der Waals surface area contributed by atoms with Crippen molar-refractivity contribution in [1.29, 1.82) is 0 Å². The SMILES string of the molecule is CC.COc1cc2ncc(C)n2cc1Br. The molecule has 0 fully saturated rings. The van der Waals surface area contributed by atoms with E-state index >= 15 is 0 Å². The molecular formula is C11H15BrN2O. The summed E-state index contributed by atoms with van der Waals surface area (Å²) in [7, 11) is 1.65. The second-order valence-electron chi connectivity index (χ2n) is 2.82. The zero-order chi connectivity index (χ0) is 11.4. The number of rotatable bonds is 1. The monoisotopic (exact) mass is 270 g/mol. The lowest BCUT2D eigenvalue weighted by atomic mass is 10.4. The largest absolute Gasteiger partial charge is 0.495 e. The van der Waals surface area contributed by atoms with Crippen molar-refractivity contribution in [2.75, 3.05) is 7.11 Å². The summed E-state index contributed by atoms with van der Waals surface area (Å²) in [6.45, 7) is 6.01. The number of pyridine rings is 1. The molecule has 0 spiro atoms. The van der Waals surface area contributed by atoms with Gasteiger partial charge in [-0.15, -0.1) is 0 Å². The van der Waals surface area contributed by atoms with Gasteiger partial charge in [0.25, 0.3) is 0 Å². The van der Waals surface area contributed by atoms with Crippen LogP contribution in [0.1, 0.15) is 19.5 Å². The van der Waals surface area contributed by atoms with Crippen LogP contribution in [0.2, 0.25) is 0 Å². The van der Waals surface area contributed by atoms with Gasteiger partial charge in [-0.1, -0.05) is 13.8 Å². The van der Waals surface area contributed by atoms with E-state index in [0.29, 0.717) is 0 Å². The molecule has 0 amide bonds. The van der Waals surface area contributed by atoms with Gasteiger partial charge in [-0.2, -0.15) is 0 Å². The van der Waals surface area contributed by atoms with Crippen LogP contribution in [0.3, 0.4) is 0 Å². The van der Waals surface area contributed by atoms with Crippen LogP contribution in [0.5, 0.6) is 5.75 Å². The van der Waals surface area contributed by atoms with Crippen LogP contribution in [0.15, 0.2) is 22.9 Å². The highest BCUT2D eigenvalue weighted by molar-refractivity contribution is 9.10. The van der Waals surface area contributed by atoms with Crippen molar-refractivity contribution in [2.45, 2.75) is 20.8 Å². The normalized spacial score (nSPS) is 9.67. The summed E-state index contributed by atoms with van der Waals surface area (Å²) >= 11 is 3.42. The van der Waals surface area contributed by atoms with E-state index in [1.165, 1.54) is 0 Å². The lowest BCUT2D eigenvalue weighted by Gasteiger charge is -2.04. The molecule has 0 saturated heterocycles. The Morgan fingerprint density at radius 3 is 2.67 bits per heavy atom. The first-order valence-electron chi connectivity index (χ1n) is 4.89. The number of methoxy groups -OCH3 is 1. The Balaban J connectivity index is 0.000000531. The highest BCUT2D eigenvalue weighted by Crippen LogP contribution is 2.26. The third-order valence-electron chi connectivity index (χ3n) is 1.97.